The lowest BCUT2D eigenvalue weighted by Crippen LogP contribution is -2.36. The van der Waals surface area contributed by atoms with Crippen molar-refractivity contribution in [3.05, 3.63) is 29.8 Å². The summed E-state index contributed by atoms with van der Waals surface area (Å²) in [7, 11) is 3.52. The molecule has 0 unspecified atom stereocenters. The number of benzene rings is 1. The Morgan fingerprint density at radius 1 is 1.32 bits per heavy atom. The predicted molar refractivity (Wildman–Crippen MR) is 89.1 cm³/mol. The van der Waals surface area contributed by atoms with Crippen molar-refractivity contribution in [3.8, 4) is 0 Å². The van der Waals surface area contributed by atoms with E-state index in [9.17, 15) is 4.79 Å². The van der Waals surface area contributed by atoms with Crippen LogP contribution in [0.3, 0.4) is 0 Å². The molecule has 1 saturated heterocycles. The lowest BCUT2D eigenvalue weighted by Gasteiger charge is -2.24. The van der Waals surface area contributed by atoms with E-state index in [-0.39, 0.29) is 5.91 Å². The quantitative estimate of drug-likeness (QED) is 0.739. The first-order valence-electron chi connectivity index (χ1n) is 7.99. The van der Waals surface area contributed by atoms with E-state index in [1.807, 2.05) is 13.1 Å². The number of ether oxygens (including phenoxy) is 1. The molecular formula is C17H27N3O2. The Bertz CT molecular complexity index is 473. The first-order chi connectivity index (χ1) is 10.7. The molecular weight excluding hydrogens is 278 g/mol. The minimum absolute atomic E-state index is 0.104. The molecule has 1 amide bonds. The Morgan fingerprint density at radius 2 is 2.05 bits per heavy atom. The number of nitrogens with one attached hydrogen (secondary N) is 1. The summed E-state index contributed by atoms with van der Waals surface area (Å²) in [6.07, 6.45) is 2.51. The molecule has 1 aliphatic rings. The van der Waals surface area contributed by atoms with Gasteiger partial charge in [-0.15, -0.1) is 0 Å². The van der Waals surface area contributed by atoms with Crippen LogP contribution in [-0.4, -0.2) is 57.8 Å². The molecule has 0 saturated carbocycles. The fourth-order valence-electron chi connectivity index (χ4n) is 2.76. The standard InChI is InChI=1S/C17H27N3O2/c1-19(17(21)13-18-9-12-22-2)14-15-7-3-4-8-16(15)20-10-5-6-11-20/h3-4,7-8,18H,5-6,9-14H2,1-2H3. The van der Waals surface area contributed by atoms with Gasteiger partial charge in [0, 0.05) is 46.0 Å². The van der Waals surface area contributed by atoms with Crippen LogP contribution in [0.2, 0.25) is 0 Å². The van der Waals surface area contributed by atoms with Crippen molar-refractivity contribution >= 4 is 11.6 Å². The lowest BCUT2D eigenvalue weighted by molar-refractivity contribution is -0.129. The van der Waals surface area contributed by atoms with Crippen molar-refractivity contribution in [2.24, 2.45) is 0 Å². The number of anilines is 1. The number of methoxy groups -OCH3 is 1. The topological polar surface area (TPSA) is 44.8 Å². The first kappa shape index (κ1) is 16.8. The zero-order chi connectivity index (χ0) is 15.8. The van der Waals surface area contributed by atoms with Crippen molar-refractivity contribution in [1.82, 2.24) is 10.2 Å². The zero-order valence-corrected chi connectivity index (χ0v) is 13.7. The normalized spacial score (nSPS) is 14.4. The Hall–Kier alpha value is -1.59. The summed E-state index contributed by atoms with van der Waals surface area (Å²) in [6.45, 7) is 4.55. The summed E-state index contributed by atoms with van der Waals surface area (Å²) < 4.78 is 4.96. The number of amides is 1. The molecule has 1 aromatic rings. The first-order valence-corrected chi connectivity index (χ1v) is 7.99. The summed E-state index contributed by atoms with van der Waals surface area (Å²) in [5, 5.41) is 3.10. The van der Waals surface area contributed by atoms with E-state index in [1.54, 1.807) is 12.0 Å². The van der Waals surface area contributed by atoms with Gasteiger partial charge in [-0.1, -0.05) is 18.2 Å². The van der Waals surface area contributed by atoms with E-state index >= 15 is 0 Å². The van der Waals surface area contributed by atoms with Gasteiger partial charge in [0.15, 0.2) is 0 Å². The van der Waals surface area contributed by atoms with Crippen molar-refractivity contribution in [1.29, 1.82) is 0 Å². The van der Waals surface area contributed by atoms with Crippen molar-refractivity contribution in [2.75, 3.05) is 51.8 Å². The molecule has 0 aromatic heterocycles. The number of likely N-dealkylation sites (N-methyl/N-ethyl adjacent to an activating group) is 1. The maximum Gasteiger partial charge on any atom is 0.236 e. The van der Waals surface area contributed by atoms with Crippen LogP contribution >= 0.6 is 0 Å². The van der Waals surface area contributed by atoms with Crippen LogP contribution in [-0.2, 0) is 16.1 Å². The zero-order valence-electron chi connectivity index (χ0n) is 13.7. The van der Waals surface area contributed by atoms with Gasteiger partial charge in [0.05, 0.1) is 13.2 Å². The van der Waals surface area contributed by atoms with E-state index in [4.69, 9.17) is 4.74 Å². The third kappa shape index (κ3) is 4.71. The van der Waals surface area contributed by atoms with Crippen LogP contribution in [0.5, 0.6) is 0 Å². The number of carbonyl (C=O) groups is 1. The number of nitrogens with zero attached hydrogens (tertiary/aromatic N) is 2. The molecule has 1 N–H and O–H groups in total. The molecule has 0 atom stereocenters. The van der Waals surface area contributed by atoms with Crippen LogP contribution in [0.4, 0.5) is 5.69 Å². The minimum atomic E-state index is 0.104. The summed E-state index contributed by atoms with van der Waals surface area (Å²) in [5.41, 5.74) is 2.49. The SMILES string of the molecule is COCCNCC(=O)N(C)Cc1ccccc1N1CCCC1. The summed E-state index contributed by atoms with van der Waals surface area (Å²) >= 11 is 0. The number of rotatable bonds is 8. The van der Waals surface area contributed by atoms with Gasteiger partial charge in [-0.3, -0.25) is 4.79 Å². The largest absolute Gasteiger partial charge is 0.383 e. The smallest absolute Gasteiger partial charge is 0.236 e. The van der Waals surface area contributed by atoms with Crippen molar-refractivity contribution in [2.45, 2.75) is 19.4 Å². The summed E-state index contributed by atoms with van der Waals surface area (Å²) in [4.78, 5) is 16.4. The van der Waals surface area contributed by atoms with E-state index in [2.05, 4.69) is 28.4 Å². The molecule has 1 heterocycles. The van der Waals surface area contributed by atoms with Gasteiger partial charge in [0.25, 0.3) is 0 Å². The van der Waals surface area contributed by atoms with Crippen LogP contribution in [0.15, 0.2) is 24.3 Å². The number of carbonyl (C=O) groups excluding carboxylic acids is 1. The van der Waals surface area contributed by atoms with Gasteiger partial charge in [0.2, 0.25) is 5.91 Å². The van der Waals surface area contributed by atoms with Crippen LogP contribution in [0.25, 0.3) is 0 Å². The third-order valence-electron chi connectivity index (χ3n) is 4.03. The second-order valence-corrected chi connectivity index (χ2v) is 5.74. The maximum atomic E-state index is 12.2. The molecule has 5 nitrogen and oxygen atoms in total. The lowest BCUT2D eigenvalue weighted by atomic mass is 10.1. The Morgan fingerprint density at radius 3 is 2.77 bits per heavy atom. The third-order valence-corrected chi connectivity index (χ3v) is 4.03. The highest BCUT2D eigenvalue weighted by molar-refractivity contribution is 5.78. The molecule has 2 rings (SSSR count). The fraction of sp³-hybridized carbons (Fsp3) is 0.588. The predicted octanol–water partition coefficient (Wildman–Crippen LogP) is 1.48. The number of para-hydroxylation sites is 1. The highest BCUT2D eigenvalue weighted by Gasteiger charge is 2.17. The Kier molecular flexibility index (Phi) is 6.68. The van der Waals surface area contributed by atoms with Crippen molar-refractivity contribution in [3.63, 3.8) is 0 Å². The van der Waals surface area contributed by atoms with Crippen molar-refractivity contribution < 1.29 is 9.53 Å². The van der Waals surface area contributed by atoms with Gasteiger partial charge in [-0.05, 0) is 24.5 Å². The van der Waals surface area contributed by atoms with Crippen LogP contribution < -0.4 is 10.2 Å². The van der Waals surface area contributed by atoms with E-state index in [0.717, 1.165) is 13.1 Å². The fourth-order valence-corrected chi connectivity index (χ4v) is 2.76. The van der Waals surface area contributed by atoms with E-state index in [1.165, 1.54) is 24.1 Å². The molecule has 1 fully saturated rings. The average Bonchev–Trinajstić information content (AvgIpc) is 3.06. The molecule has 0 aliphatic carbocycles. The highest BCUT2D eigenvalue weighted by Crippen LogP contribution is 2.25. The second-order valence-electron chi connectivity index (χ2n) is 5.74. The van der Waals surface area contributed by atoms with Crippen LogP contribution in [0, 0.1) is 0 Å². The van der Waals surface area contributed by atoms with E-state index < -0.39 is 0 Å². The maximum absolute atomic E-state index is 12.2. The number of hydrogen-bond acceptors (Lipinski definition) is 4. The Balaban J connectivity index is 1.90. The molecule has 1 aromatic carbocycles. The molecule has 22 heavy (non-hydrogen) atoms. The molecule has 122 valence electrons. The highest BCUT2D eigenvalue weighted by atomic mass is 16.5. The monoisotopic (exact) mass is 305 g/mol. The summed E-state index contributed by atoms with van der Waals surface area (Å²) in [6, 6.07) is 8.40. The molecule has 5 heteroatoms. The van der Waals surface area contributed by atoms with Gasteiger partial charge in [-0.25, -0.2) is 0 Å². The summed E-state index contributed by atoms with van der Waals surface area (Å²) in [5.74, 6) is 0.104. The Labute approximate surface area is 133 Å². The second kappa shape index (κ2) is 8.76. The molecule has 0 spiro atoms. The van der Waals surface area contributed by atoms with E-state index in [0.29, 0.717) is 26.2 Å². The van der Waals surface area contributed by atoms with Gasteiger partial charge >= 0.3 is 0 Å². The van der Waals surface area contributed by atoms with Gasteiger partial charge in [-0.2, -0.15) is 0 Å². The molecule has 0 radical (unpaired) electrons. The van der Waals surface area contributed by atoms with Gasteiger partial charge in [0.1, 0.15) is 0 Å². The molecule has 0 bridgehead atoms. The van der Waals surface area contributed by atoms with Crippen LogP contribution in [0.1, 0.15) is 18.4 Å². The minimum Gasteiger partial charge on any atom is -0.383 e. The molecule has 1 aliphatic heterocycles. The number of hydrogen-bond donors (Lipinski definition) is 1. The van der Waals surface area contributed by atoms with Gasteiger partial charge < -0.3 is 19.9 Å². The average molecular weight is 305 g/mol.